The molecule has 0 atom stereocenters. The molecule has 0 aliphatic rings. The molecule has 0 aliphatic heterocycles. The largest absolute Gasteiger partial charge is 0.466 e. The van der Waals surface area contributed by atoms with Crippen LogP contribution in [0.3, 0.4) is 0 Å². The number of amides is 2. The number of guanidine groups is 1. The molecular weight excluding hydrogens is 436 g/mol. The number of fused-ring (bicyclic) bond motifs is 1. The second kappa shape index (κ2) is 11.4. The van der Waals surface area contributed by atoms with Crippen LogP contribution in [0, 0.1) is 0 Å². The first kappa shape index (κ1) is 24.2. The van der Waals surface area contributed by atoms with Crippen molar-refractivity contribution in [2.75, 3.05) is 18.5 Å². The molecule has 1 heterocycles. The molecule has 0 fully saturated rings. The summed E-state index contributed by atoms with van der Waals surface area (Å²) in [5.41, 5.74) is 12.8. The van der Waals surface area contributed by atoms with E-state index in [-0.39, 0.29) is 24.9 Å². The van der Waals surface area contributed by atoms with Crippen molar-refractivity contribution >= 4 is 46.2 Å². The maximum atomic E-state index is 12.6. The van der Waals surface area contributed by atoms with Crippen LogP contribution in [-0.4, -0.2) is 41.9 Å². The minimum absolute atomic E-state index is 0.126. The van der Waals surface area contributed by atoms with E-state index in [1.807, 2.05) is 30.3 Å². The molecule has 2 aromatic carbocycles. The van der Waals surface area contributed by atoms with E-state index in [4.69, 9.17) is 16.2 Å². The topological polar surface area (TPSA) is 162 Å². The molecule has 0 spiro atoms. The zero-order valence-electron chi connectivity index (χ0n) is 18.7. The minimum Gasteiger partial charge on any atom is -0.466 e. The first-order valence-electron chi connectivity index (χ1n) is 10.7. The molecule has 2 amide bonds. The molecule has 34 heavy (non-hydrogen) atoms. The molecule has 0 saturated carbocycles. The summed E-state index contributed by atoms with van der Waals surface area (Å²) < 4.78 is 4.99. The van der Waals surface area contributed by atoms with Gasteiger partial charge in [0, 0.05) is 17.4 Å². The van der Waals surface area contributed by atoms with Crippen molar-refractivity contribution in [3.63, 3.8) is 0 Å². The maximum absolute atomic E-state index is 12.6. The van der Waals surface area contributed by atoms with Gasteiger partial charge >= 0.3 is 5.97 Å². The van der Waals surface area contributed by atoms with E-state index < -0.39 is 11.8 Å². The molecule has 10 heteroatoms. The number of hydrogen-bond donors (Lipinski definition) is 4. The Bertz CT molecular complexity index is 1240. The van der Waals surface area contributed by atoms with Crippen LogP contribution in [0.25, 0.3) is 10.9 Å². The lowest BCUT2D eigenvalue weighted by molar-refractivity contribution is -0.143. The number of aliphatic imine (C=N–C) groups is 1. The summed E-state index contributed by atoms with van der Waals surface area (Å²) >= 11 is 0. The van der Waals surface area contributed by atoms with Gasteiger partial charge in [-0.25, -0.2) is 9.98 Å². The van der Waals surface area contributed by atoms with Crippen molar-refractivity contribution in [2.45, 2.75) is 19.8 Å². The first-order chi connectivity index (χ1) is 16.4. The van der Waals surface area contributed by atoms with Gasteiger partial charge in [-0.3, -0.25) is 14.4 Å². The van der Waals surface area contributed by atoms with E-state index in [0.29, 0.717) is 41.2 Å². The van der Waals surface area contributed by atoms with Gasteiger partial charge in [0.1, 0.15) is 5.82 Å². The zero-order valence-corrected chi connectivity index (χ0v) is 18.7. The number of anilines is 1. The molecule has 176 valence electrons. The van der Waals surface area contributed by atoms with Crippen LogP contribution in [0.15, 0.2) is 59.6 Å². The van der Waals surface area contributed by atoms with E-state index in [2.05, 4.69) is 20.6 Å². The number of ether oxygens (including phenoxy) is 1. The van der Waals surface area contributed by atoms with Crippen LogP contribution in [0.2, 0.25) is 0 Å². The SMILES string of the molecule is CCOC(=O)CCc1cc2ccccc2nc1NC(=O)CNC(=O)c1cccc(N=C(N)N)c1. The Labute approximate surface area is 196 Å². The molecule has 0 saturated heterocycles. The summed E-state index contributed by atoms with van der Waals surface area (Å²) in [5.74, 6) is -1.05. The third kappa shape index (κ3) is 6.76. The summed E-state index contributed by atoms with van der Waals surface area (Å²) in [7, 11) is 0. The number of para-hydroxylation sites is 1. The molecule has 0 radical (unpaired) electrons. The molecule has 6 N–H and O–H groups in total. The molecular formula is C24H26N6O4. The van der Waals surface area contributed by atoms with Crippen LogP contribution >= 0.6 is 0 Å². The molecule has 3 rings (SSSR count). The lowest BCUT2D eigenvalue weighted by Crippen LogP contribution is -2.33. The van der Waals surface area contributed by atoms with Crippen molar-refractivity contribution in [2.24, 2.45) is 16.5 Å². The lowest BCUT2D eigenvalue weighted by atomic mass is 10.1. The number of nitrogens with two attached hydrogens (primary N) is 2. The molecule has 0 bridgehead atoms. The smallest absolute Gasteiger partial charge is 0.306 e. The maximum Gasteiger partial charge on any atom is 0.306 e. The van der Waals surface area contributed by atoms with Gasteiger partial charge in [0.25, 0.3) is 5.91 Å². The molecule has 10 nitrogen and oxygen atoms in total. The predicted octanol–water partition coefficient (Wildman–Crippen LogP) is 2.00. The molecule has 0 aliphatic carbocycles. The lowest BCUT2D eigenvalue weighted by Gasteiger charge is -2.12. The van der Waals surface area contributed by atoms with Crippen molar-refractivity contribution in [1.29, 1.82) is 0 Å². The summed E-state index contributed by atoms with van der Waals surface area (Å²) in [5, 5.41) is 6.17. The average Bonchev–Trinajstić information content (AvgIpc) is 2.81. The van der Waals surface area contributed by atoms with Crippen molar-refractivity contribution < 1.29 is 19.1 Å². The minimum atomic E-state index is -0.464. The molecule has 3 aromatic rings. The highest BCUT2D eigenvalue weighted by Crippen LogP contribution is 2.22. The van der Waals surface area contributed by atoms with Crippen LogP contribution < -0.4 is 22.1 Å². The highest BCUT2D eigenvalue weighted by atomic mass is 16.5. The van der Waals surface area contributed by atoms with Gasteiger partial charge in [-0.15, -0.1) is 0 Å². The predicted molar refractivity (Wildman–Crippen MR) is 130 cm³/mol. The van der Waals surface area contributed by atoms with Gasteiger partial charge in [-0.2, -0.15) is 0 Å². The van der Waals surface area contributed by atoms with E-state index in [1.54, 1.807) is 25.1 Å². The standard InChI is InChI=1S/C24H26N6O4/c1-2-34-21(32)11-10-16-12-15-6-3-4-9-19(15)29-22(16)30-20(31)14-27-23(33)17-7-5-8-18(13-17)28-24(25)26/h3-9,12-13H,2,10-11,14H2,1H3,(H,27,33)(H4,25,26,28)(H,29,30,31). The van der Waals surface area contributed by atoms with Gasteiger partial charge in [-0.05, 0) is 49.2 Å². The zero-order chi connectivity index (χ0) is 24.5. The van der Waals surface area contributed by atoms with E-state index in [0.717, 1.165) is 5.39 Å². The summed E-state index contributed by atoms with van der Waals surface area (Å²) in [6.45, 7) is 1.76. The number of aromatic nitrogens is 1. The Kier molecular flexibility index (Phi) is 8.11. The average molecular weight is 463 g/mol. The third-order valence-electron chi connectivity index (χ3n) is 4.74. The summed E-state index contributed by atoms with van der Waals surface area (Å²) in [4.78, 5) is 45.3. The van der Waals surface area contributed by atoms with E-state index in [1.165, 1.54) is 6.07 Å². The second-order valence-electron chi connectivity index (χ2n) is 7.31. The van der Waals surface area contributed by atoms with Crippen molar-refractivity contribution in [1.82, 2.24) is 10.3 Å². The number of rotatable bonds is 9. The Balaban J connectivity index is 1.69. The Morgan fingerprint density at radius 2 is 1.85 bits per heavy atom. The number of hydrogen-bond acceptors (Lipinski definition) is 6. The van der Waals surface area contributed by atoms with Crippen LogP contribution in [-0.2, 0) is 20.7 Å². The monoisotopic (exact) mass is 462 g/mol. The van der Waals surface area contributed by atoms with Crippen LogP contribution in [0.5, 0.6) is 0 Å². The third-order valence-corrected chi connectivity index (χ3v) is 4.74. The second-order valence-corrected chi connectivity index (χ2v) is 7.31. The number of nitrogens with one attached hydrogen (secondary N) is 2. The van der Waals surface area contributed by atoms with E-state index >= 15 is 0 Å². The summed E-state index contributed by atoms with van der Waals surface area (Å²) in [6, 6.07) is 15.7. The number of nitrogens with zero attached hydrogens (tertiary/aromatic N) is 2. The Hall–Kier alpha value is -4.47. The Morgan fingerprint density at radius 3 is 2.62 bits per heavy atom. The number of carbonyl (C=O) groups is 3. The Morgan fingerprint density at radius 1 is 1.06 bits per heavy atom. The van der Waals surface area contributed by atoms with Gasteiger partial charge < -0.3 is 26.8 Å². The highest BCUT2D eigenvalue weighted by Gasteiger charge is 2.14. The number of pyridine rings is 1. The quantitative estimate of drug-likeness (QED) is 0.215. The van der Waals surface area contributed by atoms with Crippen LogP contribution in [0.1, 0.15) is 29.3 Å². The number of esters is 1. The summed E-state index contributed by atoms with van der Waals surface area (Å²) in [6.07, 6.45) is 0.496. The van der Waals surface area contributed by atoms with Gasteiger partial charge in [-0.1, -0.05) is 24.3 Å². The fourth-order valence-corrected chi connectivity index (χ4v) is 3.23. The van der Waals surface area contributed by atoms with Gasteiger partial charge in [0.15, 0.2) is 5.96 Å². The van der Waals surface area contributed by atoms with Gasteiger partial charge in [0.05, 0.1) is 24.4 Å². The van der Waals surface area contributed by atoms with Gasteiger partial charge in [0.2, 0.25) is 5.91 Å². The molecule has 1 aromatic heterocycles. The number of benzene rings is 2. The number of carbonyl (C=O) groups excluding carboxylic acids is 3. The fourth-order valence-electron chi connectivity index (χ4n) is 3.23. The molecule has 0 unspecified atom stereocenters. The van der Waals surface area contributed by atoms with Crippen LogP contribution in [0.4, 0.5) is 11.5 Å². The van der Waals surface area contributed by atoms with Crippen molar-refractivity contribution in [3.8, 4) is 0 Å². The highest BCUT2D eigenvalue weighted by molar-refractivity contribution is 6.00. The first-order valence-corrected chi connectivity index (χ1v) is 10.7. The normalized spacial score (nSPS) is 10.4. The number of aryl methyl sites for hydroxylation is 1. The van der Waals surface area contributed by atoms with E-state index in [9.17, 15) is 14.4 Å². The van der Waals surface area contributed by atoms with Crippen molar-refractivity contribution in [3.05, 3.63) is 65.7 Å². The fraction of sp³-hybridized carbons (Fsp3) is 0.208.